The average Bonchev–Trinajstić information content (AvgIpc) is 2.53. The molecular weight excluding hydrogens is 272 g/mol. The van der Waals surface area contributed by atoms with E-state index < -0.39 is 0 Å². The van der Waals surface area contributed by atoms with Crippen LogP contribution in [0.15, 0.2) is 64.8 Å². The van der Waals surface area contributed by atoms with Crippen LogP contribution in [0.1, 0.15) is 16.7 Å². The fraction of sp³-hybridized carbons (Fsp3) is 0.158. The van der Waals surface area contributed by atoms with Crippen molar-refractivity contribution in [3.8, 4) is 0 Å². The van der Waals surface area contributed by atoms with Crippen LogP contribution in [0, 0.1) is 13.8 Å². The molecule has 110 valence electrons. The second-order valence-electron chi connectivity index (χ2n) is 5.44. The predicted octanol–water partition coefficient (Wildman–Crippen LogP) is 5.36. The van der Waals surface area contributed by atoms with Crippen LogP contribution in [0.5, 0.6) is 0 Å². The lowest BCUT2D eigenvalue weighted by molar-refractivity contribution is 0.282. The second-order valence-corrected chi connectivity index (χ2v) is 5.44. The summed E-state index contributed by atoms with van der Waals surface area (Å²) in [6, 6.07) is 18.0. The third-order valence-corrected chi connectivity index (χ3v) is 3.76. The number of rotatable bonds is 3. The van der Waals surface area contributed by atoms with Crippen LogP contribution in [-0.2, 0) is 6.61 Å². The Bertz CT molecular complexity index is 853. The molecule has 1 N–H and O–H groups in total. The summed E-state index contributed by atoms with van der Waals surface area (Å²) < 4.78 is 0. The Balaban J connectivity index is 2.11. The Kier molecular flexibility index (Phi) is 3.98. The van der Waals surface area contributed by atoms with E-state index >= 15 is 0 Å². The summed E-state index contributed by atoms with van der Waals surface area (Å²) in [6.45, 7) is 4.03. The molecule has 0 bridgehead atoms. The largest absolute Gasteiger partial charge is 0.392 e. The molecule has 0 aliphatic carbocycles. The molecule has 3 aromatic rings. The Hall–Kier alpha value is -2.52. The van der Waals surface area contributed by atoms with Crippen molar-refractivity contribution in [2.24, 2.45) is 10.2 Å². The maximum absolute atomic E-state index is 9.56. The van der Waals surface area contributed by atoms with Crippen LogP contribution in [0.3, 0.4) is 0 Å². The Morgan fingerprint density at radius 3 is 2.50 bits per heavy atom. The van der Waals surface area contributed by atoms with Gasteiger partial charge in [0.15, 0.2) is 0 Å². The summed E-state index contributed by atoms with van der Waals surface area (Å²) >= 11 is 0. The molecule has 0 amide bonds. The van der Waals surface area contributed by atoms with Gasteiger partial charge in [-0.15, -0.1) is 5.11 Å². The van der Waals surface area contributed by atoms with E-state index in [1.165, 1.54) is 5.56 Å². The van der Waals surface area contributed by atoms with E-state index in [2.05, 4.69) is 23.2 Å². The summed E-state index contributed by atoms with van der Waals surface area (Å²) in [5.74, 6) is 0. The molecule has 0 saturated carbocycles. The minimum Gasteiger partial charge on any atom is -0.392 e. The highest BCUT2D eigenvalue weighted by Gasteiger charge is 2.06. The highest BCUT2D eigenvalue weighted by molar-refractivity contribution is 5.93. The molecule has 0 heterocycles. The molecule has 0 aliphatic rings. The smallest absolute Gasteiger partial charge is 0.0990 e. The first-order valence-corrected chi connectivity index (χ1v) is 7.29. The van der Waals surface area contributed by atoms with Gasteiger partial charge in [0, 0.05) is 10.9 Å². The average molecular weight is 290 g/mol. The minimum absolute atomic E-state index is 0.0495. The van der Waals surface area contributed by atoms with E-state index in [4.69, 9.17) is 0 Å². The summed E-state index contributed by atoms with van der Waals surface area (Å²) in [5, 5.41) is 20.5. The van der Waals surface area contributed by atoms with E-state index in [-0.39, 0.29) is 6.61 Å². The van der Waals surface area contributed by atoms with Gasteiger partial charge < -0.3 is 5.11 Å². The molecule has 0 spiro atoms. The van der Waals surface area contributed by atoms with E-state index in [1.54, 1.807) is 0 Å². The maximum atomic E-state index is 9.56. The van der Waals surface area contributed by atoms with Gasteiger partial charge >= 0.3 is 0 Å². The first kappa shape index (κ1) is 14.4. The van der Waals surface area contributed by atoms with Gasteiger partial charge in [0.1, 0.15) is 0 Å². The Labute approximate surface area is 130 Å². The standard InChI is InChI=1S/C19H18N2O/c1-13-7-10-18(14(2)11-13)20-21-19-16(12-22)9-8-15-5-3-4-6-17(15)19/h3-11,22H,12H2,1-2H3. The number of hydrogen-bond acceptors (Lipinski definition) is 3. The van der Waals surface area contributed by atoms with Crippen LogP contribution in [0.25, 0.3) is 10.8 Å². The molecule has 0 atom stereocenters. The first-order chi connectivity index (χ1) is 10.7. The molecule has 0 saturated heterocycles. The molecule has 3 aromatic carbocycles. The molecule has 3 nitrogen and oxygen atoms in total. The van der Waals surface area contributed by atoms with Crippen molar-refractivity contribution in [2.75, 3.05) is 0 Å². The van der Waals surface area contributed by atoms with Crippen molar-refractivity contribution in [1.29, 1.82) is 0 Å². The summed E-state index contributed by atoms with van der Waals surface area (Å²) in [7, 11) is 0. The number of azo groups is 1. The van der Waals surface area contributed by atoms with Gasteiger partial charge in [-0.05, 0) is 30.9 Å². The predicted molar refractivity (Wildman–Crippen MR) is 90.0 cm³/mol. The van der Waals surface area contributed by atoms with Crippen molar-refractivity contribution in [1.82, 2.24) is 0 Å². The third-order valence-electron chi connectivity index (χ3n) is 3.76. The Morgan fingerprint density at radius 1 is 0.909 bits per heavy atom. The number of aliphatic hydroxyl groups excluding tert-OH is 1. The number of benzene rings is 3. The monoisotopic (exact) mass is 290 g/mol. The van der Waals surface area contributed by atoms with Gasteiger partial charge in [0.2, 0.25) is 0 Å². The summed E-state index contributed by atoms with van der Waals surface area (Å²) in [6.07, 6.45) is 0. The van der Waals surface area contributed by atoms with Gasteiger partial charge in [-0.25, -0.2) is 0 Å². The third kappa shape index (κ3) is 2.76. The van der Waals surface area contributed by atoms with Crippen molar-refractivity contribution in [3.05, 3.63) is 71.3 Å². The van der Waals surface area contributed by atoms with E-state index in [0.29, 0.717) is 0 Å². The summed E-state index contributed by atoms with van der Waals surface area (Å²) in [4.78, 5) is 0. The van der Waals surface area contributed by atoms with Gasteiger partial charge in [0.25, 0.3) is 0 Å². The molecule has 0 unspecified atom stereocenters. The molecule has 0 aromatic heterocycles. The van der Waals surface area contributed by atoms with E-state index in [9.17, 15) is 5.11 Å². The number of hydrogen-bond donors (Lipinski definition) is 1. The van der Waals surface area contributed by atoms with Crippen molar-refractivity contribution in [2.45, 2.75) is 20.5 Å². The van der Waals surface area contributed by atoms with Crippen LogP contribution in [0.2, 0.25) is 0 Å². The number of nitrogens with zero attached hydrogens (tertiary/aromatic N) is 2. The molecule has 0 radical (unpaired) electrons. The van der Waals surface area contributed by atoms with Gasteiger partial charge in [-0.3, -0.25) is 0 Å². The van der Waals surface area contributed by atoms with E-state index in [1.807, 2.05) is 55.5 Å². The molecule has 0 aliphatic heterocycles. The quantitative estimate of drug-likeness (QED) is 0.648. The van der Waals surface area contributed by atoms with Gasteiger partial charge in [-0.1, -0.05) is 54.1 Å². The zero-order chi connectivity index (χ0) is 15.5. The van der Waals surface area contributed by atoms with Crippen molar-refractivity contribution < 1.29 is 5.11 Å². The van der Waals surface area contributed by atoms with Crippen LogP contribution in [0.4, 0.5) is 11.4 Å². The normalized spacial score (nSPS) is 11.4. The highest BCUT2D eigenvalue weighted by Crippen LogP contribution is 2.32. The lowest BCUT2D eigenvalue weighted by Crippen LogP contribution is -1.85. The zero-order valence-electron chi connectivity index (χ0n) is 12.7. The number of fused-ring (bicyclic) bond motifs is 1. The molecular formula is C19H18N2O. The highest BCUT2D eigenvalue weighted by atomic mass is 16.3. The second kappa shape index (κ2) is 6.08. The molecule has 3 rings (SSSR count). The first-order valence-electron chi connectivity index (χ1n) is 7.29. The van der Waals surface area contributed by atoms with Gasteiger partial charge in [0.05, 0.1) is 18.0 Å². The van der Waals surface area contributed by atoms with E-state index in [0.717, 1.165) is 33.3 Å². The number of aryl methyl sites for hydroxylation is 2. The Morgan fingerprint density at radius 2 is 1.73 bits per heavy atom. The molecule has 3 heteroatoms. The topological polar surface area (TPSA) is 45.0 Å². The molecule has 22 heavy (non-hydrogen) atoms. The fourth-order valence-corrected chi connectivity index (χ4v) is 2.57. The number of aliphatic hydroxyl groups is 1. The zero-order valence-corrected chi connectivity index (χ0v) is 12.7. The molecule has 0 fully saturated rings. The lowest BCUT2D eigenvalue weighted by Gasteiger charge is -2.07. The van der Waals surface area contributed by atoms with Crippen LogP contribution >= 0.6 is 0 Å². The van der Waals surface area contributed by atoms with Crippen LogP contribution in [-0.4, -0.2) is 5.11 Å². The SMILES string of the molecule is Cc1ccc(N=Nc2c(CO)ccc3ccccc23)c(C)c1. The van der Waals surface area contributed by atoms with Crippen molar-refractivity contribution >= 4 is 22.1 Å². The van der Waals surface area contributed by atoms with Gasteiger partial charge in [-0.2, -0.15) is 5.11 Å². The van der Waals surface area contributed by atoms with Crippen LogP contribution < -0.4 is 0 Å². The minimum atomic E-state index is -0.0495. The summed E-state index contributed by atoms with van der Waals surface area (Å²) in [5.41, 5.74) is 4.67. The maximum Gasteiger partial charge on any atom is 0.0990 e. The lowest BCUT2D eigenvalue weighted by atomic mass is 10.0. The van der Waals surface area contributed by atoms with Crippen molar-refractivity contribution in [3.63, 3.8) is 0 Å². The fourth-order valence-electron chi connectivity index (χ4n) is 2.57.